The van der Waals surface area contributed by atoms with E-state index in [2.05, 4.69) is 5.32 Å². The van der Waals surface area contributed by atoms with Crippen LogP contribution in [0.1, 0.15) is 18.4 Å². The average Bonchev–Trinajstić information content (AvgIpc) is 2.30. The predicted octanol–water partition coefficient (Wildman–Crippen LogP) is 1.82. The minimum absolute atomic E-state index is 0.308. The van der Waals surface area contributed by atoms with Crippen molar-refractivity contribution in [2.45, 2.75) is 19.3 Å². The van der Waals surface area contributed by atoms with E-state index in [9.17, 15) is 14.3 Å². The smallest absolute Gasteiger partial charge is 0.310 e. The molecule has 1 fully saturated rings. The monoisotopic (exact) mass is 237 g/mol. The second-order valence-corrected chi connectivity index (χ2v) is 4.64. The summed E-state index contributed by atoms with van der Waals surface area (Å²) in [5, 5.41) is 12.6. The van der Waals surface area contributed by atoms with E-state index in [0.29, 0.717) is 32.4 Å². The van der Waals surface area contributed by atoms with E-state index < -0.39 is 11.4 Å². The van der Waals surface area contributed by atoms with Gasteiger partial charge in [-0.3, -0.25) is 4.79 Å². The van der Waals surface area contributed by atoms with Gasteiger partial charge in [0.05, 0.1) is 5.41 Å². The van der Waals surface area contributed by atoms with Crippen LogP contribution in [-0.2, 0) is 11.2 Å². The number of nitrogens with one attached hydrogen (secondary N) is 1. The molecule has 4 heteroatoms. The van der Waals surface area contributed by atoms with Gasteiger partial charge in [-0.1, -0.05) is 12.1 Å². The van der Waals surface area contributed by atoms with Crippen molar-refractivity contribution in [1.82, 2.24) is 5.32 Å². The molecule has 1 aromatic carbocycles. The van der Waals surface area contributed by atoms with Gasteiger partial charge in [0.15, 0.2) is 0 Å². The second-order valence-electron chi connectivity index (χ2n) is 4.64. The van der Waals surface area contributed by atoms with E-state index >= 15 is 0 Å². The zero-order valence-corrected chi connectivity index (χ0v) is 9.58. The number of carboxylic acid groups (broad SMARTS) is 1. The Bertz CT molecular complexity index is 414. The Kier molecular flexibility index (Phi) is 3.43. The first kappa shape index (κ1) is 12.0. The van der Waals surface area contributed by atoms with Gasteiger partial charge in [0.2, 0.25) is 0 Å². The number of hydrogen-bond acceptors (Lipinski definition) is 2. The van der Waals surface area contributed by atoms with Crippen molar-refractivity contribution < 1.29 is 14.3 Å². The summed E-state index contributed by atoms with van der Waals surface area (Å²) >= 11 is 0. The molecule has 0 spiro atoms. The summed E-state index contributed by atoms with van der Waals surface area (Å²) in [7, 11) is 0. The van der Waals surface area contributed by atoms with E-state index in [-0.39, 0.29) is 5.82 Å². The molecule has 1 heterocycles. The van der Waals surface area contributed by atoms with Crippen LogP contribution in [0.15, 0.2) is 24.3 Å². The SMILES string of the molecule is O=C(O)C1(Cc2cccc(F)c2)CCNCC1. The van der Waals surface area contributed by atoms with Crippen molar-refractivity contribution in [1.29, 1.82) is 0 Å². The van der Waals surface area contributed by atoms with E-state index in [4.69, 9.17) is 0 Å². The van der Waals surface area contributed by atoms with Crippen LogP contribution in [0.4, 0.5) is 4.39 Å². The van der Waals surface area contributed by atoms with Crippen LogP contribution in [-0.4, -0.2) is 24.2 Å². The first-order chi connectivity index (χ1) is 8.12. The van der Waals surface area contributed by atoms with Crippen molar-refractivity contribution in [3.8, 4) is 0 Å². The maximum atomic E-state index is 13.1. The lowest BCUT2D eigenvalue weighted by Crippen LogP contribution is -2.43. The number of halogens is 1. The normalized spacial score (nSPS) is 18.9. The van der Waals surface area contributed by atoms with Gasteiger partial charge in [-0.05, 0) is 50.0 Å². The van der Waals surface area contributed by atoms with Gasteiger partial charge in [-0.2, -0.15) is 0 Å². The summed E-state index contributed by atoms with van der Waals surface area (Å²) in [6.45, 7) is 1.42. The van der Waals surface area contributed by atoms with Crippen LogP contribution in [0, 0.1) is 11.2 Å². The minimum atomic E-state index is -0.775. The maximum Gasteiger partial charge on any atom is 0.310 e. The molecule has 2 N–H and O–H groups in total. The van der Waals surface area contributed by atoms with Crippen LogP contribution < -0.4 is 5.32 Å². The van der Waals surface area contributed by atoms with Gasteiger partial charge in [0.1, 0.15) is 5.82 Å². The van der Waals surface area contributed by atoms with Gasteiger partial charge in [0, 0.05) is 0 Å². The molecule has 17 heavy (non-hydrogen) atoms. The molecule has 1 aromatic rings. The van der Waals surface area contributed by atoms with E-state index in [1.54, 1.807) is 12.1 Å². The third-order valence-electron chi connectivity index (χ3n) is 3.45. The van der Waals surface area contributed by atoms with Crippen LogP contribution in [0.3, 0.4) is 0 Å². The Labute approximate surface area is 99.7 Å². The summed E-state index contributed by atoms with van der Waals surface area (Å²) in [5.41, 5.74) is 0.0216. The summed E-state index contributed by atoms with van der Waals surface area (Å²) in [5.74, 6) is -1.08. The van der Waals surface area contributed by atoms with E-state index in [1.165, 1.54) is 12.1 Å². The molecular weight excluding hydrogens is 221 g/mol. The third kappa shape index (κ3) is 2.64. The van der Waals surface area contributed by atoms with Gasteiger partial charge in [-0.15, -0.1) is 0 Å². The molecule has 0 aromatic heterocycles. The van der Waals surface area contributed by atoms with Crippen LogP contribution in [0.2, 0.25) is 0 Å². The Balaban J connectivity index is 2.20. The summed E-state index contributed by atoms with van der Waals surface area (Å²) in [6, 6.07) is 6.21. The Morgan fingerprint density at radius 2 is 2.12 bits per heavy atom. The van der Waals surface area contributed by atoms with E-state index in [0.717, 1.165) is 5.56 Å². The Morgan fingerprint density at radius 1 is 1.41 bits per heavy atom. The Hall–Kier alpha value is -1.42. The molecular formula is C13H16FNO2. The van der Waals surface area contributed by atoms with Gasteiger partial charge >= 0.3 is 5.97 Å². The molecule has 92 valence electrons. The first-order valence-electron chi connectivity index (χ1n) is 5.81. The van der Waals surface area contributed by atoms with Crippen LogP contribution in [0.25, 0.3) is 0 Å². The van der Waals surface area contributed by atoms with Crippen molar-refractivity contribution in [3.05, 3.63) is 35.6 Å². The highest BCUT2D eigenvalue weighted by Gasteiger charge is 2.39. The maximum absolute atomic E-state index is 13.1. The summed E-state index contributed by atoms with van der Waals surface area (Å²) in [6.07, 6.45) is 1.60. The molecule has 2 rings (SSSR count). The third-order valence-corrected chi connectivity index (χ3v) is 3.45. The standard InChI is InChI=1S/C13H16FNO2/c14-11-3-1-2-10(8-11)9-13(12(16)17)4-6-15-7-5-13/h1-3,8,15H,4-7,9H2,(H,16,17). The van der Waals surface area contributed by atoms with Crippen LogP contribution >= 0.6 is 0 Å². The molecule has 1 aliphatic heterocycles. The fourth-order valence-corrected chi connectivity index (χ4v) is 2.41. The number of carbonyl (C=O) groups is 1. The molecule has 1 aliphatic rings. The number of benzene rings is 1. The van der Waals surface area contributed by atoms with Crippen molar-refractivity contribution in [3.63, 3.8) is 0 Å². The predicted molar refractivity (Wildman–Crippen MR) is 62.3 cm³/mol. The Morgan fingerprint density at radius 3 is 2.71 bits per heavy atom. The highest BCUT2D eigenvalue weighted by atomic mass is 19.1. The highest BCUT2D eigenvalue weighted by Crippen LogP contribution is 2.33. The van der Waals surface area contributed by atoms with E-state index in [1.807, 2.05) is 0 Å². The van der Waals surface area contributed by atoms with Gasteiger partial charge in [0.25, 0.3) is 0 Å². The number of carboxylic acids is 1. The zero-order chi connectivity index (χ0) is 12.3. The average molecular weight is 237 g/mol. The lowest BCUT2D eigenvalue weighted by atomic mass is 9.74. The largest absolute Gasteiger partial charge is 0.481 e. The number of aliphatic carboxylic acids is 1. The molecule has 0 bridgehead atoms. The topological polar surface area (TPSA) is 49.3 Å². The van der Waals surface area contributed by atoms with Crippen molar-refractivity contribution >= 4 is 5.97 Å². The fraction of sp³-hybridized carbons (Fsp3) is 0.462. The van der Waals surface area contributed by atoms with Gasteiger partial charge < -0.3 is 10.4 Å². The van der Waals surface area contributed by atoms with Crippen LogP contribution in [0.5, 0.6) is 0 Å². The minimum Gasteiger partial charge on any atom is -0.481 e. The quantitative estimate of drug-likeness (QED) is 0.843. The lowest BCUT2D eigenvalue weighted by molar-refractivity contribution is -0.150. The number of rotatable bonds is 3. The summed E-state index contributed by atoms with van der Waals surface area (Å²) in [4.78, 5) is 11.4. The molecule has 3 nitrogen and oxygen atoms in total. The molecule has 1 saturated heterocycles. The number of hydrogen-bond donors (Lipinski definition) is 2. The molecule has 0 amide bonds. The molecule has 0 atom stereocenters. The second kappa shape index (κ2) is 4.84. The molecule has 0 saturated carbocycles. The van der Waals surface area contributed by atoms with Crippen molar-refractivity contribution in [2.24, 2.45) is 5.41 Å². The summed E-state index contributed by atoms with van der Waals surface area (Å²) < 4.78 is 13.1. The lowest BCUT2D eigenvalue weighted by Gasteiger charge is -2.33. The first-order valence-corrected chi connectivity index (χ1v) is 5.81. The zero-order valence-electron chi connectivity index (χ0n) is 9.58. The number of piperidine rings is 1. The fourth-order valence-electron chi connectivity index (χ4n) is 2.41. The highest BCUT2D eigenvalue weighted by molar-refractivity contribution is 5.75. The van der Waals surface area contributed by atoms with Crippen molar-refractivity contribution in [2.75, 3.05) is 13.1 Å². The molecule has 0 radical (unpaired) electrons. The van der Waals surface area contributed by atoms with Gasteiger partial charge in [-0.25, -0.2) is 4.39 Å². The molecule has 0 aliphatic carbocycles. The molecule has 0 unspecified atom stereocenters.